The van der Waals surface area contributed by atoms with Crippen LogP contribution >= 0.6 is 0 Å². The largest absolute Gasteiger partial charge is 0.477 e. The second-order valence-corrected chi connectivity index (χ2v) is 3.76. The molecule has 0 spiro atoms. The van der Waals surface area contributed by atoms with Crippen molar-refractivity contribution < 1.29 is 19.1 Å². The lowest BCUT2D eigenvalue weighted by molar-refractivity contribution is 0.0668. The first-order valence-electron chi connectivity index (χ1n) is 5.40. The molecule has 0 aliphatic rings. The fraction of sp³-hybridized carbons (Fsp3) is 0.0769. The molecule has 1 heterocycles. The van der Waals surface area contributed by atoms with Gasteiger partial charge in [-0.25, -0.2) is 9.18 Å². The van der Waals surface area contributed by atoms with Crippen LogP contribution in [0.3, 0.4) is 0 Å². The highest BCUT2D eigenvalue weighted by Crippen LogP contribution is 2.02. The number of benzene rings is 1. The Hall–Kier alpha value is -2.63. The molecule has 0 fully saturated rings. The molecule has 1 aromatic carbocycles. The van der Waals surface area contributed by atoms with E-state index in [-0.39, 0.29) is 18.0 Å². The third-order valence-corrected chi connectivity index (χ3v) is 2.43. The summed E-state index contributed by atoms with van der Waals surface area (Å²) in [6.07, 6.45) is 1.32. The van der Waals surface area contributed by atoms with Gasteiger partial charge in [-0.15, -0.1) is 0 Å². The zero-order chi connectivity index (χ0) is 13.8. The lowest BCUT2D eigenvalue weighted by atomic mass is 10.2. The number of hydrogen-bond acceptors (Lipinski definition) is 3. The average molecular weight is 263 g/mol. The van der Waals surface area contributed by atoms with Crippen LogP contribution in [0.5, 0.6) is 0 Å². The minimum absolute atomic E-state index is 0.0310. The SMILES string of the molecule is O=C(O)c1cccn(OCc2ccc(F)cc2)c1=O. The summed E-state index contributed by atoms with van der Waals surface area (Å²) in [6, 6.07) is 8.17. The van der Waals surface area contributed by atoms with Crippen LogP contribution in [0, 0.1) is 5.82 Å². The summed E-state index contributed by atoms with van der Waals surface area (Å²) in [4.78, 5) is 27.6. The van der Waals surface area contributed by atoms with Crippen molar-refractivity contribution in [3.63, 3.8) is 0 Å². The van der Waals surface area contributed by atoms with Crippen LogP contribution in [-0.2, 0) is 6.61 Å². The number of carboxylic acid groups (broad SMARTS) is 1. The van der Waals surface area contributed by atoms with Crippen molar-refractivity contribution in [2.24, 2.45) is 0 Å². The summed E-state index contributed by atoms with van der Waals surface area (Å²) in [5.74, 6) is -1.68. The quantitative estimate of drug-likeness (QED) is 0.903. The van der Waals surface area contributed by atoms with E-state index in [2.05, 4.69) is 0 Å². The van der Waals surface area contributed by atoms with E-state index in [4.69, 9.17) is 9.94 Å². The van der Waals surface area contributed by atoms with Crippen molar-refractivity contribution in [1.29, 1.82) is 0 Å². The Labute approximate surface area is 107 Å². The first-order chi connectivity index (χ1) is 9.08. The molecule has 0 radical (unpaired) electrons. The summed E-state index contributed by atoms with van der Waals surface area (Å²) in [6.45, 7) is 0.0310. The Morgan fingerprint density at radius 1 is 1.26 bits per heavy atom. The number of rotatable bonds is 4. The van der Waals surface area contributed by atoms with E-state index in [9.17, 15) is 14.0 Å². The van der Waals surface area contributed by atoms with Gasteiger partial charge in [-0.05, 0) is 29.8 Å². The molecule has 0 aliphatic heterocycles. The van der Waals surface area contributed by atoms with Gasteiger partial charge in [0.15, 0.2) is 0 Å². The number of aromatic nitrogens is 1. The van der Waals surface area contributed by atoms with Crippen LogP contribution in [0.4, 0.5) is 4.39 Å². The van der Waals surface area contributed by atoms with Crippen molar-refractivity contribution in [3.05, 3.63) is 69.9 Å². The van der Waals surface area contributed by atoms with E-state index in [0.717, 1.165) is 4.73 Å². The summed E-state index contributed by atoms with van der Waals surface area (Å²) >= 11 is 0. The Bertz CT molecular complexity index is 648. The molecule has 6 heteroatoms. The van der Waals surface area contributed by atoms with Gasteiger partial charge in [0.05, 0.1) is 0 Å². The molecule has 0 unspecified atom stereocenters. The van der Waals surface area contributed by atoms with Crippen molar-refractivity contribution in [3.8, 4) is 0 Å². The number of carboxylic acids is 1. The zero-order valence-electron chi connectivity index (χ0n) is 9.75. The molecule has 0 atom stereocenters. The first-order valence-corrected chi connectivity index (χ1v) is 5.40. The molecular formula is C13H10FNO4. The number of hydrogen-bond donors (Lipinski definition) is 1. The molecule has 1 N–H and O–H groups in total. The standard InChI is InChI=1S/C13H10FNO4/c14-10-5-3-9(4-6-10)8-19-15-7-1-2-11(12(15)16)13(17)18/h1-7H,8H2,(H,17,18). The van der Waals surface area contributed by atoms with Gasteiger partial charge in [0.1, 0.15) is 18.0 Å². The third kappa shape index (κ3) is 2.98. The Kier molecular flexibility index (Phi) is 3.61. The lowest BCUT2D eigenvalue weighted by Crippen LogP contribution is -2.30. The van der Waals surface area contributed by atoms with Gasteiger partial charge in [-0.3, -0.25) is 4.79 Å². The predicted molar refractivity (Wildman–Crippen MR) is 64.3 cm³/mol. The molecule has 2 aromatic rings. The van der Waals surface area contributed by atoms with Crippen molar-refractivity contribution in [2.75, 3.05) is 0 Å². The van der Waals surface area contributed by atoms with Gasteiger partial charge in [0, 0.05) is 6.20 Å². The fourth-order valence-electron chi connectivity index (χ4n) is 1.46. The maximum atomic E-state index is 12.7. The van der Waals surface area contributed by atoms with Gasteiger partial charge in [-0.1, -0.05) is 12.1 Å². The summed E-state index contributed by atoms with van der Waals surface area (Å²) in [7, 11) is 0. The van der Waals surface area contributed by atoms with Crippen molar-refractivity contribution in [2.45, 2.75) is 6.61 Å². The highest BCUT2D eigenvalue weighted by Gasteiger charge is 2.10. The monoisotopic (exact) mass is 263 g/mol. The molecule has 0 aliphatic carbocycles. The summed E-state index contributed by atoms with van der Waals surface area (Å²) in [5.41, 5.74) is -0.465. The Morgan fingerprint density at radius 3 is 2.58 bits per heavy atom. The normalized spacial score (nSPS) is 10.2. The second-order valence-electron chi connectivity index (χ2n) is 3.76. The highest BCUT2D eigenvalue weighted by molar-refractivity contribution is 5.86. The van der Waals surface area contributed by atoms with Crippen LogP contribution < -0.4 is 10.4 Å². The van der Waals surface area contributed by atoms with E-state index < -0.39 is 11.5 Å². The summed E-state index contributed by atoms with van der Waals surface area (Å²) < 4.78 is 13.5. The second kappa shape index (κ2) is 5.34. The highest BCUT2D eigenvalue weighted by atomic mass is 19.1. The molecule has 0 saturated carbocycles. The zero-order valence-corrected chi connectivity index (χ0v) is 9.75. The average Bonchev–Trinajstić information content (AvgIpc) is 2.39. The van der Waals surface area contributed by atoms with Gasteiger partial charge in [0.25, 0.3) is 5.56 Å². The van der Waals surface area contributed by atoms with Gasteiger partial charge in [-0.2, -0.15) is 4.73 Å². The van der Waals surface area contributed by atoms with E-state index in [1.807, 2.05) is 0 Å². The predicted octanol–water partition coefficient (Wildman–Crippen LogP) is 1.31. The van der Waals surface area contributed by atoms with Crippen LogP contribution in [0.15, 0.2) is 47.4 Å². The number of halogens is 1. The van der Waals surface area contributed by atoms with Crippen LogP contribution in [0.1, 0.15) is 15.9 Å². The number of pyridine rings is 1. The van der Waals surface area contributed by atoms with E-state index in [1.54, 1.807) is 0 Å². The summed E-state index contributed by atoms with van der Waals surface area (Å²) in [5, 5.41) is 8.80. The van der Waals surface area contributed by atoms with Gasteiger partial charge >= 0.3 is 5.97 Å². The first kappa shape index (κ1) is 12.8. The van der Waals surface area contributed by atoms with E-state index in [1.165, 1.54) is 42.6 Å². The minimum Gasteiger partial charge on any atom is -0.477 e. The van der Waals surface area contributed by atoms with E-state index >= 15 is 0 Å². The third-order valence-electron chi connectivity index (χ3n) is 2.43. The van der Waals surface area contributed by atoms with Gasteiger partial charge < -0.3 is 9.94 Å². The smallest absolute Gasteiger partial charge is 0.341 e. The van der Waals surface area contributed by atoms with Crippen molar-refractivity contribution in [1.82, 2.24) is 4.73 Å². The number of nitrogens with zero attached hydrogens (tertiary/aromatic N) is 1. The molecule has 98 valence electrons. The van der Waals surface area contributed by atoms with E-state index in [0.29, 0.717) is 5.56 Å². The molecule has 0 bridgehead atoms. The molecular weight excluding hydrogens is 253 g/mol. The van der Waals surface area contributed by atoms with Gasteiger partial charge in [0.2, 0.25) is 0 Å². The molecule has 1 aromatic heterocycles. The molecule has 0 saturated heterocycles. The fourth-order valence-corrected chi connectivity index (χ4v) is 1.46. The molecule has 5 nitrogen and oxygen atoms in total. The topological polar surface area (TPSA) is 68.5 Å². The number of aromatic carboxylic acids is 1. The Morgan fingerprint density at radius 2 is 1.95 bits per heavy atom. The van der Waals surface area contributed by atoms with Crippen LogP contribution in [0.2, 0.25) is 0 Å². The van der Waals surface area contributed by atoms with Crippen molar-refractivity contribution >= 4 is 5.97 Å². The maximum absolute atomic E-state index is 12.7. The number of carbonyl (C=O) groups is 1. The van der Waals surface area contributed by atoms with Crippen LogP contribution in [0.25, 0.3) is 0 Å². The Balaban J connectivity index is 2.16. The molecule has 2 rings (SSSR count). The lowest BCUT2D eigenvalue weighted by Gasteiger charge is -2.08. The molecule has 19 heavy (non-hydrogen) atoms. The minimum atomic E-state index is -1.32. The maximum Gasteiger partial charge on any atom is 0.341 e. The molecule has 0 amide bonds. The van der Waals surface area contributed by atoms with Crippen LogP contribution in [-0.4, -0.2) is 15.8 Å².